The molecule has 6 heteroatoms. The van der Waals surface area contributed by atoms with E-state index in [-0.39, 0.29) is 5.91 Å². The second-order valence-electron chi connectivity index (χ2n) is 4.25. The lowest BCUT2D eigenvalue weighted by molar-refractivity contribution is 0.0953. The first kappa shape index (κ1) is 16.5. The minimum atomic E-state index is -0.187. The predicted molar refractivity (Wildman–Crippen MR) is 83.9 cm³/mol. The van der Waals surface area contributed by atoms with Gasteiger partial charge in [-0.1, -0.05) is 0 Å². The molecule has 1 aromatic rings. The molecule has 0 bridgehead atoms. The monoisotopic (exact) mass is 298 g/mol. The van der Waals surface area contributed by atoms with E-state index in [4.69, 9.17) is 15.2 Å². The van der Waals surface area contributed by atoms with E-state index in [0.717, 1.165) is 18.6 Å². The first-order valence-corrected chi connectivity index (χ1v) is 7.82. The molecule has 1 rings (SSSR count). The van der Waals surface area contributed by atoms with E-state index in [0.29, 0.717) is 29.3 Å². The third kappa shape index (κ3) is 4.52. The van der Waals surface area contributed by atoms with Crippen LogP contribution in [0, 0.1) is 0 Å². The Morgan fingerprint density at radius 1 is 1.25 bits per heavy atom. The highest BCUT2D eigenvalue weighted by atomic mass is 32.2. The number of carbonyl (C=O) groups is 1. The Balaban J connectivity index is 2.68. The van der Waals surface area contributed by atoms with Gasteiger partial charge in [-0.25, -0.2) is 0 Å². The highest BCUT2D eigenvalue weighted by Crippen LogP contribution is 2.31. The fraction of sp³-hybridized carbons (Fsp3) is 0.500. The minimum absolute atomic E-state index is 0.187. The smallest absolute Gasteiger partial charge is 0.253 e. The number of carbonyl (C=O) groups excluding carboxylic acids is 1. The van der Waals surface area contributed by atoms with Crippen molar-refractivity contribution in [3.05, 3.63) is 17.7 Å². The van der Waals surface area contributed by atoms with Crippen molar-refractivity contribution >= 4 is 23.4 Å². The first-order valence-electron chi connectivity index (χ1n) is 6.42. The van der Waals surface area contributed by atoms with Crippen LogP contribution in [0.4, 0.5) is 5.69 Å². The summed E-state index contributed by atoms with van der Waals surface area (Å²) in [5.41, 5.74) is 6.66. The average molecular weight is 298 g/mol. The molecule has 3 N–H and O–H groups in total. The molecule has 0 atom stereocenters. The second kappa shape index (κ2) is 8.58. The first-order chi connectivity index (χ1) is 9.63. The molecular weight excluding hydrogens is 276 g/mol. The van der Waals surface area contributed by atoms with Crippen molar-refractivity contribution in [2.45, 2.75) is 12.8 Å². The Bertz CT molecular complexity index is 452. The summed E-state index contributed by atoms with van der Waals surface area (Å²) in [5, 5.41) is 2.86. The highest BCUT2D eigenvalue weighted by molar-refractivity contribution is 7.98. The van der Waals surface area contributed by atoms with Crippen LogP contribution in [0.1, 0.15) is 23.2 Å². The summed E-state index contributed by atoms with van der Waals surface area (Å²) in [6.07, 6.45) is 4.12. The van der Waals surface area contributed by atoms with Crippen molar-refractivity contribution in [2.75, 3.05) is 38.5 Å². The van der Waals surface area contributed by atoms with E-state index < -0.39 is 0 Å². The minimum Gasteiger partial charge on any atom is -0.493 e. The van der Waals surface area contributed by atoms with Gasteiger partial charge in [0.05, 0.1) is 19.8 Å². The number of nitrogens with two attached hydrogens (primary N) is 1. The van der Waals surface area contributed by atoms with Crippen LogP contribution >= 0.6 is 11.8 Å². The molecule has 0 fully saturated rings. The number of methoxy groups -OCH3 is 2. The Hall–Kier alpha value is -1.56. The van der Waals surface area contributed by atoms with E-state index >= 15 is 0 Å². The molecule has 0 unspecified atom stereocenters. The van der Waals surface area contributed by atoms with E-state index in [1.54, 1.807) is 23.9 Å². The van der Waals surface area contributed by atoms with Gasteiger partial charge in [0.1, 0.15) is 0 Å². The summed E-state index contributed by atoms with van der Waals surface area (Å²) >= 11 is 1.81. The predicted octanol–water partition coefficient (Wildman–Crippen LogP) is 2.16. The molecule has 5 nitrogen and oxygen atoms in total. The normalized spacial score (nSPS) is 10.2. The van der Waals surface area contributed by atoms with Crippen LogP contribution in [-0.4, -0.2) is 38.7 Å². The second-order valence-corrected chi connectivity index (χ2v) is 5.24. The molecular formula is C14H22N2O3S. The van der Waals surface area contributed by atoms with Crippen molar-refractivity contribution in [3.63, 3.8) is 0 Å². The molecule has 0 aliphatic carbocycles. The fourth-order valence-electron chi connectivity index (χ4n) is 1.76. The van der Waals surface area contributed by atoms with Gasteiger partial charge < -0.3 is 20.5 Å². The van der Waals surface area contributed by atoms with Crippen LogP contribution in [0.2, 0.25) is 0 Å². The largest absolute Gasteiger partial charge is 0.493 e. The number of rotatable bonds is 8. The average Bonchev–Trinajstić information content (AvgIpc) is 2.46. The number of unbranched alkanes of at least 4 members (excludes halogenated alkanes) is 1. The quantitative estimate of drug-likeness (QED) is 0.568. The number of thioether (sulfide) groups is 1. The molecule has 0 aliphatic rings. The molecule has 112 valence electrons. The Morgan fingerprint density at radius 3 is 2.50 bits per heavy atom. The summed E-state index contributed by atoms with van der Waals surface area (Å²) in [6.45, 7) is 0.646. The number of amides is 1. The van der Waals surface area contributed by atoms with Gasteiger partial charge in [0.2, 0.25) is 0 Å². The van der Waals surface area contributed by atoms with Crippen LogP contribution in [0.15, 0.2) is 12.1 Å². The van der Waals surface area contributed by atoms with Gasteiger partial charge in [-0.05, 0) is 30.9 Å². The highest BCUT2D eigenvalue weighted by Gasteiger charge is 2.14. The number of hydrogen-bond acceptors (Lipinski definition) is 5. The lowest BCUT2D eigenvalue weighted by Crippen LogP contribution is -2.25. The van der Waals surface area contributed by atoms with Crippen LogP contribution < -0.4 is 20.5 Å². The molecule has 0 spiro atoms. The Morgan fingerprint density at radius 2 is 1.90 bits per heavy atom. The van der Waals surface area contributed by atoms with Crippen molar-refractivity contribution in [1.82, 2.24) is 5.32 Å². The summed E-state index contributed by atoms with van der Waals surface area (Å²) in [6, 6.07) is 3.20. The van der Waals surface area contributed by atoms with Crippen LogP contribution in [-0.2, 0) is 0 Å². The topological polar surface area (TPSA) is 73.6 Å². The Labute approximate surface area is 124 Å². The number of anilines is 1. The zero-order chi connectivity index (χ0) is 15.0. The maximum Gasteiger partial charge on any atom is 0.253 e. The molecule has 0 aromatic heterocycles. The zero-order valence-electron chi connectivity index (χ0n) is 12.2. The van der Waals surface area contributed by atoms with E-state index in [2.05, 4.69) is 11.6 Å². The number of nitrogens with one attached hydrogen (secondary N) is 1. The molecule has 0 saturated heterocycles. The van der Waals surface area contributed by atoms with E-state index in [1.807, 2.05) is 0 Å². The van der Waals surface area contributed by atoms with Gasteiger partial charge in [0.25, 0.3) is 5.91 Å². The van der Waals surface area contributed by atoms with Crippen molar-refractivity contribution < 1.29 is 14.3 Å². The molecule has 20 heavy (non-hydrogen) atoms. The Kier molecular flexibility index (Phi) is 7.08. The third-order valence-corrected chi connectivity index (χ3v) is 3.56. The standard InChI is InChI=1S/C14H22N2O3S/c1-18-12-8-10(11(15)9-13(12)19-2)14(17)16-6-4-5-7-20-3/h8-9H,4-7,15H2,1-3H3,(H,16,17). The molecule has 0 aliphatic heterocycles. The number of hydrogen-bond donors (Lipinski definition) is 2. The summed E-state index contributed by atoms with van der Waals surface area (Å²) in [4.78, 5) is 12.1. The van der Waals surface area contributed by atoms with Crippen molar-refractivity contribution in [2.24, 2.45) is 0 Å². The molecule has 0 heterocycles. The van der Waals surface area contributed by atoms with Gasteiger partial charge >= 0.3 is 0 Å². The van der Waals surface area contributed by atoms with Gasteiger partial charge in [0.15, 0.2) is 11.5 Å². The van der Waals surface area contributed by atoms with E-state index in [9.17, 15) is 4.79 Å². The molecule has 1 amide bonds. The molecule has 0 radical (unpaired) electrons. The summed E-state index contributed by atoms with van der Waals surface area (Å²) in [5.74, 6) is 1.93. The molecule has 0 saturated carbocycles. The maximum absolute atomic E-state index is 12.1. The van der Waals surface area contributed by atoms with Crippen LogP contribution in [0.3, 0.4) is 0 Å². The van der Waals surface area contributed by atoms with E-state index in [1.165, 1.54) is 14.2 Å². The third-order valence-electron chi connectivity index (χ3n) is 2.86. The molecule has 1 aromatic carbocycles. The lowest BCUT2D eigenvalue weighted by atomic mass is 10.1. The van der Waals surface area contributed by atoms with Gasteiger partial charge in [-0.15, -0.1) is 0 Å². The fourth-order valence-corrected chi connectivity index (χ4v) is 2.25. The zero-order valence-corrected chi connectivity index (χ0v) is 13.0. The number of ether oxygens (including phenoxy) is 2. The summed E-state index contributed by atoms with van der Waals surface area (Å²) < 4.78 is 10.3. The van der Waals surface area contributed by atoms with Gasteiger partial charge in [0, 0.05) is 18.3 Å². The van der Waals surface area contributed by atoms with Crippen molar-refractivity contribution in [1.29, 1.82) is 0 Å². The van der Waals surface area contributed by atoms with Crippen molar-refractivity contribution in [3.8, 4) is 11.5 Å². The van der Waals surface area contributed by atoms with Gasteiger partial charge in [-0.3, -0.25) is 4.79 Å². The summed E-state index contributed by atoms with van der Waals surface area (Å²) in [7, 11) is 3.06. The number of nitrogen functional groups attached to an aromatic ring is 1. The van der Waals surface area contributed by atoms with Gasteiger partial charge in [-0.2, -0.15) is 11.8 Å². The lowest BCUT2D eigenvalue weighted by Gasteiger charge is -2.12. The SMILES string of the molecule is COc1cc(N)c(C(=O)NCCCCSC)cc1OC. The van der Waals surface area contributed by atoms with Crippen LogP contribution in [0.5, 0.6) is 11.5 Å². The maximum atomic E-state index is 12.1. The van der Waals surface area contributed by atoms with Crippen LogP contribution in [0.25, 0.3) is 0 Å². The number of benzene rings is 1.